The average Bonchev–Trinajstić information content (AvgIpc) is 1.99. The van der Waals surface area contributed by atoms with Gasteiger partial charge in [0.25, 0.3) is 0 Å². The minimum Gasteiger partial charge on any atom is -0.320 e. The third-order valence-electron chi connectivity index (χ3n) is 1.38. The highest BCUT2D eigenvalue weighted by Gasteiger charge is 1.92. The van der Waals surface area contributed by atoms with Crippen LogP contribution in [0.25, 0.3) is 0 Å². The number of halogens is 1. The normalized spacial score (nSPS) is 8.92. The van der Waals surface area contributed by atoms with Gasteiger partial charge in [0.15, 0.2) is 0 Å². The maximum atomic E-state index is 5.83. The minimum absolute atomic E-state index is 0.381. The van der Waals surface area contributed by atoms with Gasteiger partial charge in [-0.3, -0.25) is 0 Å². The van der Waals surface area contributed by atoms with E-state index in [1.807, 2.05) is 25.1 Å². The Labute approximate surface area is 77.5 Å². The lowest BCUT2D eigenvalue weighted by atomic mass is 10.1. The third kappa shape index (κ3) is 2.58. The molecule has 0 aliphatic heterocycles. The van der Waals surface area contributed by atoms with Gasteiger partial charge in [-0.1, -0.05) is 23.4 Å². The van der Waals surface area contributed by atoms with Gasteiger partial charge in [0.1, 0.15) is 0 Å². The fraction of sp³-hybridized carbons (Fsp3) is 0.200. The molecule has 2 heteroatoms. The average molecular weight is 180 g/mol. The summed E-state index contributed by atoms with van der Waals surface area (Å²) in [5.41, 5.74) is 7.28. The van der Waals surface area contributed by atoms with Gasteiger partial charge < -0.3 is 5.73 Å². The van der Waals surface area contributed by atoms with Crippen molar-refractivity contribution in [3.63, 3.8) is 0 Å². The van der Waals surface area contributed by atoms with Crippen LogP contribution in [0.3, 0.4) is 0 Å². The molecule has 0 fully saturated rings. The Morgan fingerprint density at radius 3 is 2.75 bits per heavy atom. The van der Waals surface area contributed by atoms with Crippen LogP contribution in [0.1, 0.15) is 11.1 Å². The van der Waals surface area contributed by atoms with Crippen LogP contribution in [0.2, 0.25) is 5.02 Å². The van der Waals surface area contributed by atoms with E-state index in [1.54, 1.807) is 0 Å². The number of aryl methyl sites for hydroxylation is 1. The van der Waals surface area contributed by atoms with Crippen molar-refractivity contribution in [2.45, 2.75) is 6.92 Å². The molecule has 1 rings (SSSR count). The molecule has 0 radical (unpaired) electrons. The second kappa shape index (κ2) is 4.15. The molecule has 0 bridgehead atoms. The van der Waals surface area contributed by atoms with Crippen molar-refractivity contribution in [1.29, 1.82) is 0 Å². The molecule has 1 aromatic rings. The van der Waals surface area contributed by atoms with Crippen molar-refractivity contribution in [1.82, 2.24) is 0 Å². The first kappa shape index (κ1) is 9.12. The van der Waals surface area contributed by atoms with Crippen molar-refractivity contribution in [2.24, 2.45) is 5.73 Å². The molecule has 0 aromatic heterocycles. The smallest absolute Gasteiger partial charge is 0.0555 e. The summed E-state index contributed by atoms with van der Waals surface area (Å²) in [6.07, 6.45) is 0. The van der Waals surface area contributed by atoms with Crippen LogP contribution in [0.5, 0.6) is 0 Å². The zero-order valence-electron chi connectivity index (χ0n) is 6.89. The summed E-state index contributed by atoms with van der Waals surface area (Å²) in [7, 11) is 0. The molecule has 1 nitrogen and oxygen atoms in total. The second-order valence-electron chi connectivity index (χ2n) is 2.52. The SMILES string of the molecule is Cc1cc(Cl)cc(C#CCN)c1. The summed E-state index contributed by atoms with van der Waals surface area (Å²) in [6, 6.07) is 5.71. The summed E-state index contributed by atoms with van der Waals surface area (Å²) < 4.78 is 0. The molecule has 0 atom stereocenters. The lowest BCUT2D eigenvalue weighted by molar-refractivity contribution is 1.30. The fourth-order valence-electron chi connectivity index (χ4n) is 0.962. The van der Waals surface area contributed by atoms with Crippen LogP contribution in [0.15, 0.2) is 18.2 Å². The highest BCUT2D eigenvalue weighted by atomic mass is 35.5. The molecular formula is C10H10ClN. The van der Waals surface area contributed by atoms with Crippen molar-refractivity contribution in [3.05, 3.63) is 34.3 Å². The van der Waals surface area contributed by atoms with Crippen molar-refractivity contribution in [3.8, 4) is 11.8 Å². The molecule has 12 heavy (non-hydrogen) atoms. The molecule has 0 amide bonds. The van der Waals surface area contributed by atoms with Gasteiger partial charge in [-0.25, -0.2) is 0 Å². The number of benzene rings is 1. The van der Waals surface area contributed by atoms with E-state index in [9.17, 15) is 0 Å². The highest BCUT2D eigenvalue weighted by Crippen LogP contribution is 2.13. The minimum atomic E-state index is 0.381. The van der Waals surface area contributed by atoms with Crippen LogP contribution in [-0.2, 0) is 0 Å². The molecule has 0 aliphatic carbocycles. The van der Waals surface area contributed by atoms with Gasteiger partial charge in [-0.05, 0) is 30.7 Å². The lowest BCUT2D eigenvalue weighted by Crippen LogP contribution is -1.93. The molecule has 2 N–H and O–H groups in total. The fourth-order valence-corrected chi connectivity index (χ4v) is 1.25. The molecule has 1 aromatic carbocycles. The number of nitrogens with two attached hydrogens (primary N) is 1. The largest absolute Gasteiger partial charge is 0.320 e. The molecule has 0 saturated carbocycles. The van der Waals surface area contributed by atoms with Crippen LogP contribution < -0.4 is 5.73 Å². The van der Waals surface area contributed by atoms with Crippen molar-refractivity contribution < 1.29 is 0 Å². The zero-order valence-corrected chi connectivity index (χ0v) is 7.65. The molecule has 0 spiro atoms. The predicted octanol–water partition coefficient (Wildman–Crippen LogP) is 1.96. The topological polar surface area (TPSA) is 26.0 Å². The zero-order chi connectivity index (χ0) is 8.97. The first-order valence-electron chi connectivity index (χ1n) is 3.68. The summed E-state index contributed by atoms with van der Waals surface area (Å²) >= 11 is 5.83. The Hall–Kier alpha value is -0.970. The van der Waals surface area contributed by atoms with Crippen LogP contribution in [-0.4, -0.2) is 6.54 Å². The van der Waals surface area contributed by atoms with E-state index in [0.717, 1.165) is 16.1 Å². The maximum Gasteiger partial charge on any atom is 0.0555 e. The predicted molar refractivity (Wildman–Crippen MR) is 52.1 cm³/mol. The van der Waals surface area contributed by atoms with E-state index in [-0.39, 0.29) is 0 Å². The van der Waals surface area contributed by atoms with Gasteiger partial charge in [0.2, 0.25) is 0 Å². The van der Waals surface area contributed by atoms with Crippen LogP contribution >= 0.6 is 11.6 Å². The number of rotatable bonds is 0. The standard InChI is InChI=1S/C10H10ClN/c1-8-5-9(3-2-4-12)7-10(11)6-8/h5-7H,4,12H2,1H3. The lowest BCUT2D eigenvalue weighted by Gasteiger charge is -1.95. The third-order valence-corrected chi connectivity index (χ3v) is 1.60. The molecular weight excluding hydrogens is 170 g/mol. The van der Waals surface area contributed by atoms with E-state index in [0.29, 0.717) is 6.54 Å². The summed E-state index contributed by atoms with van der Waals surface area (Å²) in [5.74, 6) is 5.70. The molecule has 0 heterocycles. The first-order chi connectivity index (χ1) is 5.72. The summed E-state index contributed by atoms with van der Waals surface area (Å²) in [4.78, 5) is 0. The number of hydrogen-bond donors (Lipinski definition) is 1. The van der Waals surface area contributed by atoms with Gasteiger partial charge in [-0.15, -0.1) is 0 Å². The van der Waals surface area contributed by atoms with E-state index in [1.165, 1.54) is 0 Å². The van der Waals surface area contributed by atoms with Crippen molar-refractivity contribution >= 4 is 11.6 Å². The Kier molecular flexibility index (Phi) is 3.16. The summed E-state index contributed by atoms with van der Waals surface area (Å²) in [6.45, 7) is 2.37. The van der Waals surface area contributed by atoms with E-state index >= 15 is 0 Å². The second-order valence-corrected chi connectivity index (χ2v) is 2.96. The van der Waals surface area contributed by atoms with Crippen LogP contribution in [0.4, 0.5) is 0 Å². The van der Waals surface area contributed by atoms with Gasteiger partial charge in [0.05, 0.1) is 6.54 Å². The Bertz CT molecular complexity index is 313. The van der Waals surface area contributed by atoms with E-state index < -0.39 is 0 Å². The van der Waals surface area contributed by atoms with Crippen molar-refractivity contribution in [2.75, 3.05) is 6.54 Å². The van der Waals surface area contributed by atoms with E-state index in [4.69, 9.17) is 17.3 Å². The summed E-state index contributed by atoms with van der Waals surface area (Å²) in [5, 5.41) is 0.719. The quantitative estimate of drug-likeness (QED) is 0.606. The van der Waals surface area contributed by atoms with Gasteiger partial charge >= 0.3 is 0 Å². The molecule has 0 saturated heterocycles. The van der Waals surface area contributed by atoms with Gasteiger partial charge in [-0.2, -0.15) is 0 Å². The van der Waals surface area contributed by atoms with E-state index in [2.05, 4.69) is 11.8 Å². The Morgan fingerprint density at radius 2 is 2.17 bits per heavy atom. The Morgan fingerprint density at radius 1 is 1.42 bits per heavy atom. The van der Waals surface area contributed by atoms with Gasteiger partial charge in [0, 0.05) is 10.6 Å². The maximum absolute atomic E-state index is 5.83. The highest BCUT2D eigenvalue weighted by molar-refractivity contribution is 6.30. The monoisotopic (exact) mass is 179 g/mol. The first-order valence-corrected chi connectivity index (χ1v) is 4.06. The molecule has 0 unspecified atom stereocenters. The molecule has 62 valence electrons. The van der Waals surface area contributed by atoms with Crippen LogP contribution in [0, 0.1) is 18.8 Å². The number of hydrogen-bond acceptors (Lipinski definition) is 1. The molecule has 0 aliphatic rings. The Balaban J connectivity index is 3.01.